The van der Waals surface area contributed by atoms with Gasteiger partial charge in [0.05, 0.1) is 22.3 Å². The fourth-order valence-corrected chi connectivity index (χ4v) is 2.57. The van der Waals surface area contributed by atoms with Crippen LogP contribution < -0.4 is 0 Å². The van der Waals surface area contributed by atoms with Crippen LogP contribution in [0, 0.1) is 0 Å². The lowest BCUT2D eigenvalue weighted by Gasteiger charge is -2.08. The summed E-state index contributed by atoms with van der Waals surface area (Å²) in [5.74, 6) is 0. The summed E-state index contributed by atoms with van der Waals surface area (Å²) in [6.45, 7) is -0.128. The van der Waals surface area contributed by atoms with E-state index in [2.05, 4.69) is 4.98 Å². The van der Waals surface area contributed by atoms with Gasteiger partial charge in [-0.1, -0.05) is 34.8 Å². The van der Waals surface area contributed by atoms with E-state index in [9.17, 15) is 0 Å². The molecule has 1 N–H and O–H groups in total. The first-order valence-electron chi connectivity index (χ1n) is 4.82. The van der Waals surface area contributed by atoms with Crippen molar-refractivity contribution in [3.8, 4) is 11.1 Å². The molecule has 0 aliphatic rings. The summed E-state index contributed by atoms with van der Waals surface area (Å²) in [6, 6.07) is 6.77. The minimum absolute atomic E-state index is 0.128. The SMILES string of the molecule is OCc1cc(-c2c(Cl)cc(Cl)cc2Cl)ccn1. The Kier molecular flexibility index (Phi) is 3.89. The van der Waals surface area contributed by atoms with Crippen molar-refractivity contribution in [1.29, 1.82) is 0 Å². The van der Waals surface area contributed by atoms with E-state index < -0.39 is 0 Å². The van der Waals surface area contributed by atoms with Gasteiger partial charge in [-0.2, -0.15) is 0 Å². The van der Waals surface area contributed by atoms with E-state index in [1.54, 1.807) is 30.5 Å². The van der Waals surface area contributed by atoms with Gasteiger partial charge in [-0.15, -0.1) is 0 Å². The van der Waals surface area contributed by atoms with E-state index in [0.29, 0.717) is 26.3 Å². The van der Waals surface area contributed by atoms with E-state index in [0.717, 1.165) is 5.56 Å². The first-order chi connectivity index (χ1) is 8.11. The molecule has 0 aliphatic carbocycles. The third kappa shape index (κ3) is 2.72. The summed E-state index contributed by atoms with van der Waals surface area (Å²) in [5.41, 5.74) is 2.05. The van der Waals surface area contributed by atoms with E-state index >= 15 is 0 Å². The molecule has 1 heterocycles. The zero-order valence-corrected chi connectivity index (χ0v) is 10.9. The quantitative estimate of drug-likeness (QED) is 0.898. The highest BCUT2D eigenvalue weighted by Gasteiger charge is 2.10. The summed E-state index contributed by atoms with van der Waals surface area (Å²) in [6.07, 6.45) is 1.60. The van der Waals surface area contributed by atoms with Gasteiger partial charge in [0, 0.05) is 16.8 Å². The van der Waals surface area contributed by atoms with Crippen LogP contribution in [-0.2, 0) is 6.61 Å². The van der Waals surface area contributed by atoms with Crippen LogP contribution >= 0.6 is 34.8 Å². The van der Waals surface area contributed by atoms with Crippen molar-refractivity contribution in [2.24, 2.45) is 0 Å². The van der Waals surface area contributed by atoms with Crippen LogP contribution in [0.3, 0.4) is 0 Å². The Hall–Kier alpha value is -0.800. The monoisotopic (exact) mass is 287 g/mol. The number of halogens is 3. The number of hydrogen-bond donors (Lipinski definition) is 1. The van der Waals surface area contributed by atoms with Gasteiger partial charge in [0.1, 0.15) is 0 Å². The average Bonchev–Trinajstić information content (AvgIpc) is 2.28. The number of pyridine rings is 1. The van der Waals surface area contributed by atoms with Crippen LogP contribution in [0.5, 0.6) is 0 Å². The number of benzene rings is 1. The Morgan fingerprint density at radius 3 is 2.29 bits per heavy atom. The second kappa shape index (κ2) is 5.23. The molecule has 0 unspecified atom stereocenters. The predicted molar refractivity (Wildman–Crippen MR) is 70.6 cm³/mol. The molecule has 2 rings (SSSR count). The normalized spacial score (nSPS) is 10.6. The highest BCUT2D eigenvalue weighted by Crippen LogP contribution is 2.37. The van der Waals surface area contributed by atoms with E-state index in [1.807, 2.05) is 0 Å². The minimum Gasteiger partial charge on any atom is -0.390 e. The van der Waals surface area contributed by atoms with Crippen LogP contribution in [-0.4, -0.2) is 10.1 Å². The van der Waals surface area contributed by atoms with Crippen molar-refractivity contribution in [2.75, 3.05) is 0 Å². The smallest absolute Gasteiger partial charge is 0.0853 e. The van der Waals surface area contributed by atoms with Crippen molar-refractivity contribution < 1.29 is 5.11 Å². The molecule has 0 bridgehead atoms. The van der Waals surface area contributed by atoms with Gasteiger partial charge in [-0.05, 0) is 29.8 Å². The van der Waals surface area contributed by atoms with Crippen LogP contribution in [0.4, 0.5) is 0 Å². The third-order valence-corrected chi connectivity index (χ3v) is 3.09. The average molecular weight is 289 g/mol. The lowest BCUT2D eigenvalue weighted by Crippen LogP contribution is -1.90. The Bertz CT molecular complexity index is 534. The van der Waals surface area contributed by atoms with Gasteiger partial charge in [-0.25, -0.2) is 0 Å². The number of rotatable bonds is 2. The maximum atomic E-state index is 9.04. The summed E-state index contributed by atoms with van der Waals surface area (Å²) >= 11 is 18.1. The first-order valence-corrected chi connectivity index (χ1v) is 5.96. The molecular formula is C12H8Cl3NO. The molecule has 0 radical (unpaired) electrons. The van der Waals surface area contributed by atoms with Gasteiger partial charge in [0.25, 0.3) is 0 Å². The maximum Gasteiger partial charge on any atom is 0.0853 e. The zero-order valence-electron chi connectivity index (χ0n) is 8.62. The number of aromatic nitrogens is 1. The Morgan fingerprint density at radius 1 is 1.06 bits per heavy atom. The van der Waals surface area contributed by atoms with Gasteiger partial charge < -0.3 is 5.11 Å². The highest BCUT2D eigenvalue weighted by atomic mass is 35.5. The number of aliphatic hydroxyl groups is 1. The number of hydrogen-bond acceptors (Lipinski definition) is 2. The van der Waals surface area contributed by atoms with Crippen molar-refractivity contribution in [3.63, 3.8) is 0 Å². The molecule has 2 nitrogen and oxygen atoms in total. The molecule has 0 atom stereocenters. The second-order valence-corrected chi connectivity index (χ2v) is 4.69. The van der Waals surface area contributed by atoms with Crippen LogP contribution in [0.15, 0.2) is 30.5 Å². The van der Waals surface area contributed by atoms with Crippen LogP contribution in [0.25, 0.3) is 11.1 Å². The zero-order chi connectivity index (χ0) is 12.4. The molecule has 88 valence electrons. The topological polar surface area (TPSA) is 33.1 Å². The first kappa shape index (κ1) is 12.7. The minimum atomic E-state index is -0.128. The summed E-state index contributed by atoms with van der Waals surface area (Å²) in [4.78, 5) is 4.00. The molecule has 17 heavy (non-hydrogen) atoms. The molecule has 0 amide bonds. The van der Waals surface area contributed by atoms with Gasteiger partial charge >= 0.3 is 0 Å². The summed E-state index contributed by atoms with van der Waals surface area (Å²) in [5, 5.41) is 10.5. The molecular weight excluding hydrogens is 280 g/mol. The van der Waals surface area contributed by atoms with Crippen molar-refractivity contribution >= 4 is 34.8 Å². The van der Waals surface area contributed by atoms with Crippen LogP contribution in [0.1, 0.15) is 5.69 Å². The molecule has 1 aromatic carbocycles. The van der Waals surface area contributed by atoms with Gasteiger partial charge in [0.2, 0.25) is 0 Å². The summed E-state index contributed by atoms with van der Waals surface area (Å²) in [7, 11) is 0. The van der Waals surface area contributed by atoms with Gasteiger partial charge in [0.15, 0.2) is 0 Å². The van der Waals surface area contributed by atoms with Gasteiger partial charge in [-0.3, -0.25) is 4.98 Å². The maximum absolute atomic E-state index is 9.04. The Balaban J connectivity index is 2.60. The van der Waals surface area contributed by atoms with E-state index in [4.69, 9.17) is 39.9 Å². The molecule has 0 spiro atoms. The lowest BCUT2D eigenvalue weighted by molar-refractivity contribution is 0.277. The van der Waals surface area contributed by atoms with Crippen LogP contribution in [0.2, 0.25) is 15.1 Å². The fraction of sp³-hybridized carbons (Fsp3) is 0.0833. The van der Waals surface area contributed by atoms with Crippen molar-refractivity contribution in [2.45, 2.75) is 6.61 Å². The second-order valence-electron chi connectivity index (χ2n) is 3.44. The lowest BCUT2D eigenvalue weighted by atomic mass is 10.1. The standard InChI is InChI=1S/C12H8Cl3NO/c13-8-4-10(14)12(11(15)5-8)7-1-2-16-9(3-7)6-17/h1-5,17H,6H2. The Labute approximate surface area is 114 Å². The predicted octanol–water partition coefficient (Wildman–Crippen LogP) is 4.20. The molecule has 0 saturated heterocycles. The molecule has 5 heteroatoms. The van der Waals surface area contributed by atoms with E-state index in [1.165, 1.54) is 0 Å². The third-order valence-electron chi connectivity index (χ3n) is 2.27. The van der Waals surface area contributed by atoms with E-state index in [-0.39, 0.29) is 6.61 Å². The van der Waals surface area contributed by atoms with Crippen molar-refractivity contribution in [3.05, 3.63) is 51.2 Å². The fourth-order valence-electron chi connectivity index (χ4n) is 1.54. The largest absolute Gasteiger partial charge is 0.390 e. The number of aliphatic hydroxyl groups excluding tert-OH is 1. The number of nitrogens with zero attached hydrogens (tertiary/aromatic N) is 1. The Morgan fingerprint density at radius 2 is 1.71 bits per heavy atom. The van der Waals surface area contributed by atoms with Crippen molar-refractivity contribution in [1.82, 2.24) is 4.98 Å². The molecule has 1 aromatic heterocycles. The summed E-state index contributed by atoms with van der Waals surface area (Å²) < 4.78 is 0. The molecule has 2 aromatic rings. The highest BCUT2D eigenvalue weighted by molar-refractivity contribution is 6.41. The molecule has 0 saturated carbocycles. The molecule has 0 fully saturated rings. The molecule has 0 aliphatic heterocycles.